The highest BCUT2D eigenvalue weighted by Crippen LogP contribution is 2.28. The van der Waals surface area contributed by atoms with Crippen LogP contribution in [0.4, 0.5) is 4.79 Å². The molecule has 28 heavy (non-hydrogen) atoms. The van der Waals surface area contributed by atoms with Crippen molar-refractivity contribution < 1.29 is 23.8 Å². The van der Waals surface area contributed by atoms with E-state index in [4.69, 9.17) is 14.2 Å². The predicted octanol–water partition coefficient (Wildman–Crippen LogP) is 4.24. The van der Waals surface area contributed by atoms with Crippen LogP contribution in [0.15, 0.2) is 36.4 Å². The van der Waals surface area contributed by atoms with Gasteiger partial charge in [-0.2, -0.15) is 0 Å². The minimum absolute atomic E-state index is 0.0695. The number of rotatable bonds is 6. The number of carbonyl (C=O) groups excluding carboxylic acids is 2. The summed E-state index contributed by atoms with van der Waals surface area (Å²) in [5, 5.41) is 0. The van der Waals surface area contributed by atoms with E-state index in [2.05, 4.69) is 0 Å². The van der Waals surface area contributed by atoms with Crippen molar-refractivity contribution in [1.82, 2.24) is 4.90 Å². The molecular formula is C22H29NO5. The first-order chi connectivity index (χ1) is 13.2. The van der Waals surface area contributed by atoms with Crippen LogP contribution in [0.2, 0.25) is 0 Å². The molecule has 0 unspecified atom stereocenters. The highest BCUT2D eigenvalue weighted by atomic mass is 16.6. The summed E-state index contributed by atoms with van der Waals surface area (Å²) in [7, 11) is 3.14. The summed E-state index contributed by atoms with van der Waals surface area (Å²) in [5.74, 6) is 1.16. The van der Waals surface area contributed by atoms with Gasteiger partial charge in [0, 0.05) is 13.0 Å². The maximum Gasteiger partial charge on any atom is 0.410 e. The van der Waals surface area contributed by atoms with E-state index in [0.29, 0.717) is 18.0 Å². The van der Waals surface area contributed by atoms with Gasteiger partial charge in [0.2, 0.25) is 0 Å². The lowest BCUT2D eigenvalue weighted by molar-refractivity contribution is -0.115. The first kappa shape index (κ1) is 21.5. The van der Waals surface area contributed by atoms with Crippen molar-refractivity contribution in [3.63, 3.8) is 0 Å². The largest absolute Gasteiger partial charge is 0.493 e. The molecule has 1 aromatic carbocycles. The molecule has 0 saturated heterocycles. The average Bonchev–Trinajstić information content (AvgIpc) is 2.65. The highest BCUT2D eigenvalue weighted by Gasteiger charge is 2.29. The molecule has 152 valence electrons. The van der Waals surface area contributed by atoms with Crippen LogP contribution < -0.4 is 9.47 Å². The number of benzene rings is 1. The normalized spacial score (nSPS) is 16.9. The Morgan fingerprint density at radius 2 is 1.89 bits per heavy atom. The Bertz CT molecular complexity index is 761. The zero-order valence-electron chi connectivity index (χ0n) is 17.2. The van der Waals surface area contributed by atoms with Gasteiger partial charge in [-0.1, -0.05) is 24.3 Å². The molecule has 1 amide bonds. The van der Waals surface area contributed by atoms with Gasteiger partial charge < -0.3 is 19.1 Å². The Balaban J connectivity index is 2.04. The van der Waals surface area contributed by atoms with Crippen molar-refractivity contribution in [2.75, 3.05) is 20.8 Å². The number of ketones is 1. The third kappa shape index (κ3) is 6.15. The average molecular weight is 387 g/mol. The van der Waals surface area contributed by atoms with Crippen molar-refractivity contribution in [2.24, 2.45) is 0 Å². The van der Waals surface area contributed by atoms with Crippen LogP contribution in [0.3, 0.4) is 0 Å². The fourth-order valence-electron chi connectivity index (χ4n) is 2.88. The van der Waals surface area contributed by atoms with Gasteiger partial charge in [-0.25, -0.2) is 4.79 Å². The van der Waals surface area contributed by atoms with E-state index in [9.17, 15) is 9.59 Å². The van der Waals surface area contributed by atoms with Crippen molar-refractivity contribution in [3.05, 3.63) is 42.0 Å². The van der Waals surface area contributed by atoms with Gasteiger partial charge in [-0.3, -0.25) is 4.79 Å². The summed E-state index contributed by atoms with van der Waals surface area (Å²) in [5.41, 5.74) is 0.259. The number of methoxy groups -OCH3 is 2. The van der Waals surface area contributed by atoms with Crippen LogP contribution in [0.1, 0.15) is 39.2 Å². The van der Waals surface area contributed by atoms with E-state index >= 15 is 0 Å². The summed E-state index contributed by atoms with van der Waals surface area (Å²) in [4.78, 5) is 26.5. The zero-order chi connectivity index (χ0) is 20.7. The lowest BCUT2D eigenvalue weighted by atomic mass is 10.0. The molecule has 1 aliphatic rings. The van der Waals surface area contributed by atoms with Gasteiger partial charge >= 0.3 is 6.09 Å². The standard InChI is InChI=1S/C22H29NO5/c1-22(2,3)28-21(25)23-13-7-6-8-17(23)15-18(24)11-9-16-10-12-19(26-4)20(14-16)27-5/h6,8-12,14,17H,7,13,15H2,1-5H3/b11-9+/t17-/m0/s1. The molecule has 1 atom stereocenters. The van der Waals surface area contributed by atoms with Gasteiger partial charge in [-0.05, 0) is 51.0 Å². The van der Waals surface area contributed by atoms with Gasteiger partial charge in [0.25, 0.3) is 0 Å². The maximum atomic E-state index is 12.5. The second-order valence-electron chi connectivity index (χ2n) is 7.58. The van der Waals surface area contributed by atoms with Gasteiger partial charge in [0.15, 0.2) is 17.3 Å². The fourth-order valence-corrected chi connectivity index (χ4v) is 2.88. The van der Waals surface area contributed by atoms with Crippen LogP contribution in [-0.2, 0) is 9.53 Å². The Labute approximate surface area is 166 Å². The molecule has 6 nitrogen and oxygen atoms in total. The second kappa shape index (κ2) is 9.44. The summed E-state index contributed by atoms with van der Waals surface area (Å²) in [6.07, 6.45) is 7.72. The number of allylic oxidation sites excluding steroid dienone is 1. The fraction of sp³-hybridized carbons (Fsp3) is 0.455. The Morgan fingerprint density at radius 1 is 1.18 bits per heavy atom. The van der Waals surface area contributed by atoms with Crippen LogP contribution in [0.25, 0.3) is 6.08 Å². The Kier molecular flexibility index (Phi) is 7.26. The summed E-state index contributed by atoms with van der Waals surface area (Å²) >= 11 is 0. The Morgan fingerprint density at radius 3 is 2.54 bits per heavy atom. The minimum Gasteiger partial charge on any atom is -0.493 e. The van der Waals surface area contributed by atoms with Crippen LogP contribution >= 0.6 is 0 Å². The third-order valence-corrected chi connectivity index (χ3v) is 4.20. The quantitative estimate of drug-likeness (QED) is 0.539. The third-order valence-electron chi connectivity index (χ3n) is 4.20. The summed E-state index contributed by atoms with van der Waals surface area (Å²) < 4.78 is 16.0. The molecular weight excluding hydrogens is 358 g/mol. The van der Waals surface area contributed by atoms with E-state index < -0.39 is 11.7 Å². The molecule has 0 spiro atoms. The van der Waals surface area contributed by atoms with E-state index in [1.165, 1.54) is 6.08 Å². The maximum absolute atomic E-state index is 12.5. The Hall–Kier alpha value is -2.76. The summed E-state index contributed by atoms with van der Waals surface area (Å²) in [6.45, 7) is 6.03. The minimum atomic E-state index is -0.569. The molecule has 1 aliphatic heterocycles. The molecule has 2 rings (SSSR count). The molecule has 0 fully saturated rings. The van der Waals surface area contributed by atoms with E-state index in [-0.39, 0.29) is 18.2 Å². The lowest BCUT2D eigenvalue weighted by Gasteiger charge is -2.33. The van der Waals surface area contributed by atoms with Crippen LogP contribution in [0, 0.1) is 0 Å². The van der Waals surface area contributed by atoms with E-state index in [1.54, 1.807) is 37.3 Å². The van der Waals surface area contributed by atoms with Crippen molar-refractivity contribution >= 4 is 18.0 Å². The number of hydrogen-bond donors (Lipinski definition) is 0. The van der Waals surface area contributed by atoms with E-state index in [0.717, 1.165) is 12.0 Å². The number of nitrogens with zero attached hydrogens (tertiary/aromatic N) is 1. The number of ether oxygens (including phenoxy) is 3. The smallest absolute Gasteiger partial charge is 0.410 e. The highest BCUT2D eigenvalue weighted by molar-refractivity contribution is 5.94. The first-order valence-corrected chi connectivity index (χ1v) is 9.32. The molecule has 0 aliphatic carbocycles. The summed E-state index contributed by atoms with van der Waals surface area (Å²) in [6, 6.07) is 5.14. The first-order valence-electron chi connectivity index (χ1n) is 9.32. The number of amides is 1. The predicted molar refractivity (Wildman–Crippen MR) is 109 cm³/mol. The molecule has 1 heterocycles. The monoisotopic (exact) mass is 387 g/mol. The number of carbonyl (C=O) groups is 2. The molecule has 1 aromatic rings. The van der Waals surface area contributed by atoms with Crippen LogP contribution in [0.5, 0.6) is 11.5 Å². The molecule has 0 saturated carbocycles. The van der Waals surface area contributed by atoms with Gasteiger partial charge in [0.05, 0.1) is 20.3 Å². The van der Waals surface area contributed by atoms with Gasteiger partial charge in [-0.15, -0.1) is 0 Å². The molecule has 0 aromatic heterocycles. The van der Waals surface area contributed by atoms with Crippen molar-refractivity contribution in [2.45, 2.75) is 45.3 Å². The van der Waals surface area contributed by atoms with Crippen molar-refractivity contribution in [3.8, 4) is 11.5 Å². The lowest BCUT2D eigenvalue weighted by Crippen LogP contribution is -2.45. The van der Waals surface area contributed by atoms with Gasteiger partial charge in [0.1, 0.15) is 5.60 Å². The molecule has 0 bridgehead atoms. The van der Waals surface area contributed by atoms with E-state index in [1.807, 2.05) is 39.0 Å². The zero-order valence-corrected chi connectivity index (χ0v) is 17.2. The molecule has 6 heteroatoms. The second-order valence-corrected chi connectivity index (χ2v) is 7.58. The van der Waals surface area contributed by atoms with Crippen molar-refractivity contribution in [1.29, 1.82) is 0 Å². The van der Waals surface area contributed by atoms with Crippen LogP contribution in [-0.4, -0.2) is 49.2 Å². The topological polar surface area (TPSA) is 65.1 Å². The molecule has 0 N–H and O–H groups in total. The molecule has 0 radical (unpaired) electrons. The SMILES string of the molecule is COc1ccc(/C=C/C(=O)C[C@@H]2C=CCCN2C(=O)OC(C)(C)C)cc1OC. The number of hydrogen-bond acceptors (Lipinski definition) is 5.